The Morgan fingerprint density at radius 3 is 2.75 bits per heavy atom. The molecule has 0 radical (unpaired) electrons. The van der Waals surface area contributed by atoms with Gasteiger partial charge in [0.15, 0.2) is 0 Å². The number of nitrogens with two attached hydrogens (primary N) is 1. The van der Waals surface area contributed by atoms with Crippen LogP contribution in [0.2, 0.25) is 5.02 Å². The fourth-order valence-electron chi connectivity index (χ4n) is 1.21. The summed E-state index contributed by atoms with van der Waals surface area (Å²) in [5.41, 5.74) is 5.97. The third-order valence-electron chi connectivity index (χ3n) is 2.11. The zero-order chi connectivity index (χ0) is 15.1. The Bertz CT molecular complexity index is 607. The lowest BCUT2D eigenvalue weighted by Gasteiger charge is -2.07. The van der Waals surface area contributed by atoms with Crippen LogP contribution >= 0.6 is 11.6 Å². The molecule has 8 heteroatoms. The van der Waals surface area contributed by atoms with Crippen molar-refractivity contribution >= 4 is 34.9 Å². The number of nitriles is 1. The van der Waals surface area contributed by atoms with Gasteiger partial charge in [-0.05, 0) is 18.2 Å². The zero-order valence-corrected chi connectivity index (χ0v) is 10.9. The van der Waals surface area contributed by atoms with Gasteiger partial charge in [-0.2, -0.15) is 5.26 Å². The van der Waals surface area contributed by atoms with Crippen molar-refractivity contribution in [1.29, 1.82) is 5.26 Å². The monoisotopic (exact) mass is 294 g/mol. The van der Waals surface area contributed by atoms with E-state index in [2.05, 4.69) is 10.6 Å². The summed E-state index contributed by atoms with van der Waals surface area (Å²) in [4.78, 5) is 22.1. The Kier molecular flexibility index (Phi) is 5.38. The lowest BCUT2D eigenvalue weighted by Crippen LogP contribution is -2.20. The number of anilines is 2. The van der Waals surface area contributed by atoms with E-state index < -0.39 is 18.4 Å². The number of nitrogens with zero attached hydrogens (tertiary/aromatic N) is 1. The number of aliphatic carboxylic acids is 1. The first kappa shape index (κ1) is 15.3. The number of rotatable bonds is 5. The molecule has 5 N–H and O–H groups in total. The second-order valence-electron chi connectivity index (χ2n) is 3.64. The molecule has 0 aliphatic rings. The molecular formula is C12H11ClN4O3. The summed E-state index contributed by atoms with van der Waals surface area (Å²) < 4.78 is 0. The molecule has 1 aromatic carbocycles. The lowest BCUT2D eigenvalue weighted by atomic mass is 10.2. The normalized spacial score (nSPS) is 10.5. The molecule has 0 spiro atoms. The molecule has 0 fully saturated rings. The SMILES string of the molecule is N#C/C(=C/NCC(=O)O)C(=O)Nc1ccc(N)cc1Cl. The third kappa shape index (κ3) is 4.51. The van der Waals surface area contributed by atoms with Crippen LogP contribution < -0.4 is 16.4 Å². The molecule has 0 bridgehead atoms. The van der Waals surface area contributed by atoms with E-state index in [-0.39, 0.29) is 10.6 Å². The number of amides is 1. The summed E-state index contributed by atoms with van der Waals surface area (Å²) in [5.74, 6) is -1.82. The second-order valence-corrected chi connectivity index (χ2v) is 4.05. The molecule has 20 heavy (non-hydrogen) atoms. The average Bonchev–Trinajstić information content (AvgIpc) is 2.37. The van der Waals surface area contributed by atoms with Crippen molar-refractivity contribution in [1.82, 2.24) is 5.32 Å². The first-order valence-electron chi connectivity index (χ1n) is 5.36. The predicted molar refractivity (Wildman–Crippen MR) is 73.8 cm³/mol. The van der Waals surface area contributed by atoms with Gasteiger partial charge in [0, 0.05) is 11.9 Å². The molecule has 0 unspecified atom stereocenters. The maximum Gasteiger partial charge on any atom is 0.322 e. The van der Waals surface area contributed by atoms with Gasteiger partial charge in [0.1, 0.15) is 18.2 Å². The molecule has 0 heterocycles. The van der Waals surface area contributed by atoms with Crippen molar-refractivity contribution in [2.45, 2.75) is 0 Å². The molecule has 7 nitrogen and oxygen atoms in total. The highest BCUT2D eigenvalue weighted by molar-refractivity contribution is 6.34. The smallest absolute Gasteiger partial charge is 0.322 e. The van der Waals surface area contributed by atoms with E-state index in [0.29, 0.717) is 11.4 Å². The minimum atomic E-state index is -1.11. The van der Waals surface area contributed by atoms with Gasteiger partial charge in [-0.15, -0.1) is 0 Å². The number of hydrogen-bond acceptors (Lipinski definition) is 5. The number of nitrogen functional groups attached to an aromatic ring is 1. The van der Waals surface area contributed by atoms with Gasteiger partial charge in [-0.1, -0.05) is 11.6 Å². The van der Waals surface area contributed by atoms with Crippen LogP contribution in [0.15, 0.2) is 30.0 Å². The van der Waals surface area contributed by atoms with Gasteiger partial charge in [-0.3, -0.25) is 9.59 Å². The van der Waals surface area contributed by atoms with Gasteiger partial charge in [0.2, 0.25) is 0 Å². The van der Waals surface area contributed by atoms with Crippen LogP contribution in [0, 0.1) is 11.3 Å². The van der Waals surface area contributed by atoms with Crippen LogP contribution in [-0.4, -0.2) is 23.5 Å². The fourth-order valence-corrected chi connectivity index (χ4v) is 1.45. The first-order chi connectivity index (χ1) is 9.43. The minimum absolute atomic E-state index is 0.231. The standard InChI is InChI=1S/C12H11ClN4O3/c13-9-3-8(15)1-2-10(9)17-12(20)7(4-14)5-16-6-11(18)19/h1-3,5,16H,6,15H2,(H,17,20)(H,18,19)/b7-5-. The molecule has 0 aliphatic heterocycles. The Labute approximate surface area is 119 Å². The summed E-state index contributed by atoms with van der Waals surface area (Å²) in [7, 11) is 0. The van der Waals surface area contributed by atoms with Gasteiger partial charge in [0.25, 0.3) is 5.91 Å². The molecule has 1 amide bonds. The topological polar surface area (TPSA) is 128 Å². The van der Waals surface area contributed by atoms with E-state index in [0.717, 1.165) is 6.20 Å². The molecule has 1 rings (SSSR count). The van der Waals surface area contributed by atoms with Crippen LogP contribution in [0.25, 0.3) is 0 Å². The molecule has 0 aliphatic carbocycles. The number of nitrogens with one attached hydrogen (secondary N) is 2. The second kappa shape index (κ2) is 7.01. The van der Waals surface area contributed by atoms with Crippen LogP contribution in [0.5, 0.6) is 0 Å². The highest BCUT2D eigenvalue weighted by Crippen LogP contribution is 2.24. The van der Waals surface area contributed by atoms with Gasteiger partial charge in [-0.25, -0.2) is 0 Å². The molecule has 0 saturated carbocycles. The third-order valence-corrected chi connectivity index (χ3v) is 2.42. The van der Waals surface area contributed by atoms with E-state index in [1.165, 1.54) is 12.1 Å². The number of benzene rings is 1. The number of halogens is 1. The quantitative estimate of drug-likeness (QED) is 0.363. The Morgan fingerprint density at radius 1 is 1.50 bits per heavy atom. The highest BCUT2D eigenvalue weighted by Gasteiger charge is 2.11. The Balaban J connectivity index is 2.77. The van der Waals surface area contributed by atoms with Crippen molar-refractivity contribution in [3.8, 4) is 6.07 Å². The number of carbonyl (C=O) groups is 2. The van der Waals surface area contributed by atoms with Crippen molar-refractivity contribution < 1.29 is 14.7 Å². The highest BCUT2D eigenvalue weighted by atomic mass is 35.5. The molecule has 1 aromatic rings. The van der Waals surface area contributed by atoms with E-state index in [4.69, 9.17) is 27.7 Å². The van der Waals surface area contributed by atoms with Gasteiger partial charge in [0.05, 0.1) is 10.7 Å². The number of carboxylic acid groups (broad SMARTS) is 1. The number of carboxylic acids is 1. The Morgan fingerprint density at radius 2 is 2.20 bits per heavy atom. The summed E-state index contributed by atoms with van der Waals surface area (Å²) in [5, 5.41) is 22.2. The van der Waals surface area contributed by atoms with Crippen LogP contribution in [0.4, 0.5) is 11.4 Å². The van der Waals surface area contributed by atoms with Crippen LogP contribution in [-0.2, 0) is 9.59 Å². The molecule has 104 valence electrons. The fraction of sp³-hybridized carbons (Fsp3) is 0.0833. The van der Waals surface area contributed by atoms with Crippen molar-refractivity contribution in [3.63, 3.8) is 0 Å². The molecular weight excluding hydrogens is 284 g/mol. The maximum atomic E-state index is 11.8. The van der Waals surface area contributed by atoms with E-state index in [1.807, 2.05) is 0 Å². The maximum absolute atomic E-state index is 11.8. The van der Waals surface area contributed by atoms with Gasteiger partial charge < -0.3 is 21.5 Å². The summed E-state index contributed by atoms with van der Waals surface area (Å²) >= 11 is 5.88. The van der Waals surface area contributed by atoms with Crippen molar-refractivity contribution in [2.24, 2.45) is 0 Å². The van der Waals surface area contributed by atoms with Crippen molar-refractivity contribution in [2.75, 3.05) is 17.6 Å². The molecule has 0 saturated heterocycles. The summed E-state index contributed by atoms with van der Waals surface area (Å²) in [6, 6.07) is 6.14. The largest absolute Gasteiger partial charge is 0.480 e. The Hall–Kier alpha value is -2.72. The van der Waals surface area contributed by atoms with E-state index >= 15 is 0 Å². The van der Waals surface area contributed by atoms with E-state index in [9.17, 15) is 9.59 Å². The van der Waals surface area contributed by atoms with Crippen LogP contribution in [0.3, 0.4) is 0 Å². The zero-order valence-electron chi connectivity index (χ0n) is 10.2. The number of hydrogen-bond donors (Lipinski definition) is 4. The van der Waals surface area contributed by atoms with Crippen molar-refractivity contribution in [3.05, 3.63) is 35.0 Å². The summed E-state index contributed by atoms with van der Waals surface area (Å²) in [6.07, 6.45) is 1.02. The average molecular weight is 295 g/mol. The van der Waals surface area contributed by atoms with E-state index in [1.54, 1.807) is 12.1 Å². The first-order valence-corrected chi connectivity index (χ1v) is 5.73. The number of carbonyl (C=O) groups excluding carboxylic acids is 1. The molecule has 0 atom stereocenters. The predicted octanol–water partition coefficient (Wildman–Crippen LogP) is 0.942. The van der Waals surface area contributed by atoms with Crippen LogP contribution in [0.1, 0.15) is 0 Å². The minimum Gasteiger partial charge on any atom is -0.480 e. The molecule has 0 aromatic heterocycles. The summed E-state index contributed by atoms with van der Waals surface area (Å²) in [6.45, 7) is -0.402. The lowest BCUT2D eigenvalue weighted by molar-refractivity contribution is -0.135. The van der Waals surface area contributed by atoms with Gasteiger partial charge >= 0.3 is 5.97 Å².